The topological polar surface area (TPSA) is 6.48 Å². The molecule has 0 bridgehead atoms. The number of fused-ring (bicyclic) bond motifs is 6. The summed E-state index contributed by atoms with van der Waals surface area (Å²) in [7, 11) is 0. The van der Waals surface area contributed by atoms with Gasteiger partial charge in [-0.3, -0.25) is 4.90 Å². The van der Waals surface area contributed by atoms with E-state index in [1.807, 2.05) is 0 Å². The maximum absolute atomic E-state index is 2.74. The normalized spacial score (nSPS) is 28.5. The highest BCUT2D eigenvalue weighted by Crippen LogP contribution is 2.51. The van der Waals surface area contributed by atoms with Crippen LogP contribution in [0.25, 0.3) is 0 Å². The van der Waals surface area contributed by atoms with E-state index in [2.05, 4.69) is 65.3 Å². The number of likely N-dealkylation sites (tertiary alicyclic amines) is 1. The third-order valence-corrected chi connectivity index (χ3v) is 6.41. The van der Waals surface area contributed by atoms with Crippen molar-refractivity contribution in [3.05, 3.63) is 65.2 Å². The molecule has 0 saturated carbocycles. The molecule has 3 aliphatic rings. The minimum Gasteiger partial charge on any atom is -0.368 e. The van der Waals surface area contributed by atoms with Crippen LogP contribution in [-0.2, 0) is 6.54 Å². The van der Waals surface area contributed by atoms with Crippen LogP contribution in [0.5, 0.6) is 0 Å². The van der Waals surface area contributed by atoms with Crippen molar-refractivity contribution in [2.75, 3.05) is 18.0 Å². The molecular formula is C22H26N2. The predicted octanol–water partition coefficient (Wildman–Crippen LogP) is 4.54. The summed E-state index contributed by atoms with van der Waals surface area (Å²) in [6.45, 7) is 5.75. The van der Waals surface area contributed by atoms with Crippen molar-refractivity contribution in [2.24, 2.45) is 5.92 Å². The minimum atomic E-state index is 0.613. The summed E-state index contributed by atoms with van der Waals surface area (Å²) >= 11 is 0. The molecule has 2 heteroatoms. The number of rotatable bonds is 2. The molecule has 0 N–H and O–H groups in total. The van der Waals surface area contributed by atoms with E-state index in [-0.39, 0.29) is 0 Å². The van der Waals surface area contributed by atoms with E-state index in [0.29, 0.717) is 6.04 Å². The number of nitrogens with zero attached hydrogens (tertiary/aromatic N) is 2. The molecule has 2 fully saturated rings. The first-order valence-corrected chi connectivity index (χ1v) is 9.46. The standard InChI is InChI=1S/C22H26N2/c1-16-8-10-17(11-9-16)15-23-14-12-19-21-7-4-13-24(21)20-6-3-2-5-18(20)22(19)23/h2-3,5-6,8-11,19,21-22H,4,7,12-15H2,1H3/t19-,21-,22+/m1/s1. The zero-order chi connectivity index (χ0) is 16.1. The van der Waals surface area contributed by atoms with Crippen molar-refractivity contribution in [2.45, 2.75) is 44.8 Å². The van der Waals surface area contributed by atoms with Gasteiger partial charge in [-0.1, -0.05) is 48.0 Å². The van der Waals surface area contributed by atoms with Crippen LogP contribution in [0.3, 0.4) is 0 Å². The first kappa shape index (κ1) is 14.5. The zero-order valence-electron chi connectivity index (χ0n) is 14.5. The molecule has 0 unspecified atom stereocenters. The molecule has 24 heavy (non-hydrogen) atoms. The first-order valence-electron chi connectivity index (χ1n) is 9.46. The summed E-state index contributed by atoms with van der Waals surface area (Å²) in [5, 5.41) is 0. The number of aryl methyl sites for hydroxylation is 1. The number of benzene rings is 2. The number of anilines is 1. The van der Waals surface area contributed by atoms with E-state index in [1.165, 1.54) is 49.2 Å². The van der Waals surface area contributed by atoms with Gasteiger partial charge in [-0.2, -0.15) is 0 Å². The van der Waals surface area contributed by atoms with Gasteiger partial charge in [-0.25, -0.2) is 0 Å². The lowest BCUT2D eigenvalue weighted by molar-refractivity contribution is 0.199. The quantitative estimate of drug-likeness (QED) is 0.802. The molecule has 2 saturated heterocycles. The third kappa shape index (κ3) is 2.20. The van der Waals surface area contributed by atoms with Crippen LogP contribution in [0, 0.1) is 12.8 Å². The van der Waals surface area contributed by atoms with Crippen LogP contribution in [0.15, 0.2) is 48.5 Å². The van der Waals surface area contributed by atoms with Crippen LogP contribution in [0.2, 0.25) is 0 Å². The Labute approximate surface area is 145 Å². The Morgan fingerprint density at radius 3 is 2.67 bits per heavy atom. The van der Waals surface area contributed by atoms with Gasteiger partial charge in [0.25, 0.3) is 0 Å². The van der Waals surface area contributed by atoms with E-state index in [4.69, 9.17) is 0 Å². The average Bonchev–Trinajstić information content (AvgIpc) is 3.24. The Hall–Kier alpha value is -1.80. The minimum absolute atomic E-state index is 0.613. The van der Waals surface area contributed by atoms with Crippen molar-refractivity contribution in [3.8, 4) is 0 Å². The van der Waals surface area contributed by atoms with E-state index in [0.717, 1.165) is 18.5 Å². The van der Waals surface area contributed by atoms with Crippen LogP contribution >= 0.6 is 0 Å². The summed E-state index contributed by atoms with van der Waals surface area (Å²) in [4.78, 5) is 5.45. The fourth-order valence-corrected chi connectivity index (χ4v) is 5.35. The second kappa shape index (κ2) is 5.63. The molecule has 0 spiro atoms. The second-order valence-corrected chi connectivity index (χ2v) is 7.82. The highest BCUT2D eigenvalue weighted by atomic mass is 15.3. The zero-order valence-corrected chi connectivity index (χ0v) is 14.5. The van der Waals surface area contributed by atoms with Crippen LogP contribution in [0.4, 0.5) is 5.69 Å². The van der Waals surface area contributed by atoms with E-state index >= 15 is 0 Å². The molecule has 3 atom stereocenters. The molecule has 0 radical (unpaired) electrons. The van der Waals surface area contributed by atoms with Crippen molar-refractivity contribution in [1.29, 1.82) is 0 Å². The van der Waals surface area contributed by atoms with Gasteiger partial charge in [-0.05, 0) is 49.9 Å². The lowest BCUT2D eigenvalue weighted by Gasteiger charge is -2.43. The van der Waals surface area contributed by atoms with E-state index in [1.54, 1.807) is 5.56 Å². The summed E-state index contributed by atoms with van der Waals surface area (Å²) in [5.74, 6) is 0.813. The molecule has 2 aromatic carbocycles. The maximum Gasteiger partial charge on any atom is 0.0420 e. The number of hydrogen-bond acceptors (Lipinski definition) is 2. The molecule has 124 valence electrons. The fraction of sp³-hybridized carbons (Fsp3) is 0.455. The lowest BCUT2D eigenvalue weighted by atomic mass is 9.81. The molecule has 0 aliphatic carbocycles. The predicted molar refractivity (Wildman–Crippen MR) is 99.2 cm³/mol. The molecular weight excluding hydrogens is 292 g/mol. The first-order chi connectivity index (χ1) is 11.8. The highest BCUT2D eigenvalue weighted by Gasteiger charge is 2.48. The summed E-state index contributed by atoms with van der Waals surface area (Å²) in [6.07, 6.45) is 4.10. The molecule has 0 amide bonds. The van der Waals surface area contributed by atoms with Gasteiger partial charge in [0.2, 0.25) is 0 Å². The Morgan fingerprint density at radius 1 is 0.958 bits per heavy atom. The fourth-order valence-electron chi connectivity index (χ4n) is 5.35. The van der Waals surface area contributed by atoms with Gasteiger partial charge in [0.05, 0.1) is 0 Å². The molecule has 5 rings (SSSR count). The Kier molecular flexibility index (Phi) is 3.41. The van der Waals surface area contributed by atoms with Crippen molar-refractivity contribution in [3.63, 3.8) is 0 Å². The summed E-state index contributed by atoms with van der Waals surface area (Å²) in [5.41, 5.74) is 5.89. The van der Waals surface area contributed by atoms with Gasteiger partial charge >= 0.3 is 0 Å². The number of para-hydroxylation sites is 1. The third-order valence-electron chi connectivity index (χ3n) is 6.41. The van der Waals surface area contributed by atoms with Gasteiger partial charge < -0.3 is 4.90 Å². The van der Waals surface area contributed by atoms with Crippen LogP contribution in [0.1, 0.15) is 42.0 Å². The monoisotopic (exact) mass is 318 g/mol. The molecule has 0 aromatic heterocycles. The molecule has 2 aromatic rings. The van der Waals surface area contributed by atoms with Crippen molar-refractivity contribution < 1.29 is 0 Å². The largest absolute Gasteiger partial charge is 0.368 e. The van der Waals surface area contributed by atoms with Crippen LogP contribution < -0.4 is 4.90 Å². The van der Waals surface area contributed by atoms with E-state index < -0.39 is 0 Å². The van der Waals surface area contributed by atoms with Gasteiger partial charge in [0.1, 0.15) is 0 Å². The maximum atomic E-state index is 2.74. The summed E-state index contributed by atoms with van der Waals surface area (Å²) in [6, 6.07) is 19.7. The van der Waals surface area contributed by atoms with Gasteiger partial charge in [-0.15, -0.1) is 0 Å². The van der Waals surface area contributed by atoms with Gasteiger partial charge in [0, 0.05) is 36.8 Å². The molecule has 3 aliphatic heterocycles. The molecule has 3 heterocycles. The van der Waals surface area contributed by atoms with Crippen molar-refractivity contribution in [1.82, 2.24) is 4.90 Å². The lowest BCUT2D eigenvalue weighted by Crippen LogP contribution is -2.43. The van der Waals surface area contributed by atoms with Crippen molar-refractivity contribution >= 4 is 5.69 Å². The second-order valence-electron chi connectivity index (χ2n) is 7.82. The molecule has 2 nitrogen and oxygen atoms in total. The SMILES string of the molecule is Cc1ccc(CN2CC[C@@H]3[C@H]4CCCN4c4ccccc4[C@@H]32)cc1. The summed E-state index contributed by atoms with van der Waals surface area (Å²) < 4.78 is 0. The highest BCUT2D eigenvalue weighted by molar-refractivity contribution is 5.59. The smallest absolute Gasteiger partial charge is 0.0420 e. The Bertz CT molecular complexity index is 736. The number of hydrogen-bond donors (Lipinski definition) is 0. The Morgan fingerprint density at radius 2 is 1.79 bits per heavy atom. The average molecular weight is 318 g/mol. The van der Waals surface area contributed by atoms with Gasteiger partial charge in [0.15, 0.2) is 0 Å². The Balaban J connectivity index is 1.50. The van der Waals surface area contributed by atoms with E-state index in [9.17, 15) is 0 Å². The van der Waals surface area contributed by atoms with Crippen LogP contribution in [-0.4, -0.2) is 24.0 Å².